The fourth-order valence-corrected chi connectivity index (χ4v) is 1.56. The molecule has 0 atom stereocenters. The van der Waals surface area contributed by atoms with Crippen LogP contribution in [0, 0.1) is 0 Å². The molecule has 0 radical (unpaired) electrons. The van der Waals surface area contributed by atoms with Gasteiger partial charge in [0.1, 0.15) is 10.3 Å². The van der Waals surface area contributed by atoms with E-state index in [0.717, 1.165) is 6.07 Å². The first-order chi connectivity index (χ1) is 5.95. The van der Waals surface area contributed by atoms with E-state index in [1.54, 1.807) is 0 Å². The number of alkyl halides is 4. The summed E-state index contributed by atoms with van der Waals surface area (Å²) in [6, 6.07) is 2.20. The summed E-state index contributed by atoms with van der Waals surface area (Å²) < 4.78 is 36.4. The van der Waals surface area contributed by atoms with Crippen molar-refractivity contribution in [3.8, 4) is 0 Å². The quantitative estimate of drug-likeness (QED) is 0.563. The van der Waals surface area contributed by atoms with E-state index >= 15 is 0 Å². The molecule has 0 bridgehead atoms. The monoisotopic (exact) mass is 273 g/mol. The molecular formula is C7H4BrClF3N. The van der Waals surface area contributed by atoms with Crippen LogP contribution in [-0.4, -0.2) is 4.98 Å². The van der Waals surface area contributed by atoms with Crippen LogP contribution >= 0.6 is 27.5 Å². The van der Waals surface area contributed by atoms with E-state index in [0.29, 0.717) is 5.56 Å². The molecule has 0 aliphatic carbocycles. The number of hydrogen-bond acceptors (Lipinski definition) is 1. The smallest absolute Gasteiger partial charge is 0.236 e. The molecule has 0 aliphatic heterocycles. The predicted molar refractivity (Wildman–Crippen MR) is 46.5 cm³/mol. The lowest BCUT2D eigenvalue weighted by atomic mass is 10.3. The highest BCUT2D eigenvalue weighted by Crippen LogP contribution is 2.29. The Balaban J connectivity index is 3.10. The molecule has 0 amide bonds. The summed E-state index contributed by atoms with van der Waals surface area (Å²) >= 11 is 8.35. The molecule has 0 aliphatic rings. The van der Waals surface area contributed by atoms with Gasteiger partial charge in [-0.3, -0.25) is 0 Å². The van der Waals surface area contributed by atoms with Crippen molar-refractivity contribution in [2.24, 2.45) is 0 Å². The zero-order chi connectivity index (χ0) is 10.1. The SMILES string of the molecule is FC(F)(F)c1ccc(CCl)c(Br)n1. The second-order valence-corrected chi connectivity index (χ2v) is 3.30. The number of aromatic nitrogens is 1. The van der Waals surface area contributed by atoms with Crippen molar-refractivity contribution in [3.05, 3.63) is 28.0 Å². The third kappa shape index (κ3) is 2.57. The highest BCUT2D eigenvalue weighted by molar-refractivity contribution is 9.10. The van der Waals surface area contributed by atoms with Crippen molar-refractivity contribution in [2.75, 3.05) is 0 Å². The summed E-state index contributed by atoms with van der Waals surface area (Å²) in [7, 11) is 0. The summed E-state index contributed by atoms with van der Waals surface area (Å²) in [5.74, 6) is 0.131. The Hall–Kier alpha value is -0.290. The van der Waals surface area contributed by atoms with Gasteiger partial charge < -0.3 is 0 Å². The molecule has 0 fully saturated rings. The normalized spacial score (nSPS) is 11.8. The van der Waals surface area contributed by atoms with Gasteiger partial charge in [0.2, 0.25) is 0 Å². The number of rotatable bonds is 1. The van der Waals surface area contributed by atoms with Gasteiger partial charge >= 0.3 is 6.18 Å². The van der Waals surface area contributed by atoms with Crippen LogP contribution in [0.25, 0.3) is 0 Å². The van der Waals surface area contributed by atoms with Gasteiger partial charge in [0.25, 0.3) is 0 Å². The van der Waals surface area contributed by atoms with Crippen LogP contribution in [0.4, 0.5) is 13.2 Å². The first-order valence-electron chi connectivity index (χ1n) is 3.23. The zero-order valence-corrected chi connectivity index (χ0v) is 8.54. The third-order valence-electron chi connectivity index (χ3n) is 1.36. The van der Waals surface area contributed by atoms with Crippen LogP contribution in [0.5, 0.6) is 0 Å². The number of hydrogen-bond donors (Lipinski definition) is 0. The van der Waals surface area contributed by atoms with E-state index in [1.807, 2.05) is 0 Å². The Bertz CT molecular complexity index is 313. The van der Waals surface area contributed by atoms with Gasteiger partial charge in [-0.2, -0.15) is 13.2 Å². The molecule has 0 N–H and O–H groups in total. The average molecular weight is 274 g/mol. The second kappa shape index (κ2) is 3.84. The number of pyridine rings is 1. The van der Waals surface area contributed by atoms with Crippen LogP contribution in [0.3, 0.4) is 0 Å². The minimum absolute atomic E-state index is 0.131. The van der Waals surface area contributed by atoms with Gasteiger partial charge in [-0.1, -0.05) is 6.07 Å². The Morgan fingerprint density at radius 1 is 1.38 bits per heavy atom. The van der Waals surface area contributed by atoms with Crippen LogP contribution in [-0.2, 0) is 12.1 Å². The van der Waals surface area contributed by atoms with Crippen molar-refractivity contribution < 1.29 is 13.2 Å². The highest BCUT2D eigenvalue weighted by atomic mass is 79.9. The summed E-state index contributed by atoms with van der Waals surface area (Å²) in [6.07, 6.45) is -4.41. The van der Waals surface area contributed by atoms with Crippen LogP contribution in [0.2, 0.25) is 0 Å². The lowest BCUT2D eigenvalue weighted by Gasteiger charge is -2.06. The highest BCUT2D eigenvalue weighted by Gasteiger charge is 2.32. The predicted octanol–water partition coefficient (Wildman–Crippen LogP) is 3.60. The van der Waals surface area contributed by atoms with Crippen molar-refractivity contribution in [3.63, 3.8) is 0 Å². The number of nitrogens with zero attached hydrogens (tertiary/aromatic N) is 1. The van der Waals surface area contributed by atoms with Gasteiger partial charge in [0.15, 0.2) is 0 Å². The van der Waals surface area contributed by atoms with Crippen LogP contribution < -0.4 is 0 Å². The Morgan fingerprint density at radius 3 is 2.38 bits per heavy atom. The molecule has 1 heterocycles. The molecule has 1 nitrogen and oxygen atoms in total. The molecule has 1 aromatic heterocycles. The standard InChI is InChI=1S/C7H4BrClF3N/c8-6-4(3-9)1-2-5(13-6)7(10,11)12/h1-2H,3H2. The van der Waals surface area contributed by atoms with Gasteiger partial charge in [0, 0.05) is 0 Å². The third-order valence-corrected chi connectivity index (χ3v) is 2.33. The first kappa shape index (κ1) is 10.8. The zero-order valence-electron chi connectivity index (χ0n) is 6.20. The molecule has 0 saturated heterocycles. The Kier molecular flexibility index (Phi) is 3.18. The average Bonchev–Trinajstić information content (AvgIpc) is 2.02. The van der Waals surface area contributed by atoms with Crippen molar-refractivity contribution in [1.29, 1.82) is 0 Å². The maximum absolute atomic E-state index is 12.1. The molecular weight excluding hydrogens is 270 g/mol. The molecule has 0 aromatic carbocycles. The second-order valence-electron chi connectivity index (χ2n) is 2.28. The minimum Gasteiger partial charge on any atom is -0.236 e. The summed E-state index contributed by atoms with van der Waals surface area (Å²) in [4.78, 5) is 3.32. The molecule has 0 saturated carbocycles. The van der Waals surface area contributed by atoms with E-state index in [2.05, 4.69) is 20.9 Å². The van der Waals surface area contributed by atoms with Gasteiger partial charge in [0.05, 0.1) is 5.88 Å². The van der Waals surface area contributed by atoms with E-state index in [9.17, 15) is 13.2 Å². The largest absolute Gasteiger partial charge is 0.433 e. The fourth-order valence-electron chi connectivity index (χ4n) is 0.721. The molecule has 72 valence electrons. The van der Waals surface area contributed by atoms with Crippen molar-refractivity contribution >= 4 is 27.5 Å². The Morgan fingerprint density at radius 2 is 2.00 bits per heavy atom. The maximum Gasteiger partial charge on any atom is 0.433 e. The summed E-state index contributed by atoms with van der Waals surface area (Å²) in [5.41, 5.74) is -0.386. The first-order valence-corrected chi connectivity index (χ1v) is 4.56. The Labute approximate surface area is 86.0 Å². The molecule has 1 rings (SSSR count). The van der Waals surface area contributed by atoms with E-state index < -0.39 is 11.9 Å². The van der Waals surface area contributed by atoms with E-state index in [-0.39, 0.29) is 10.5 Å². The molecule has 13 heavy (non-hydrogen) atoms. The molecule has 6 heteroatoms. The maximum atomic E-state index is 12.1. The number of halogens is 5. The van der Waals surface area contributed by atoms with Gasteiger partial charge in [-0.15, -0.1) is 11.6 Å². The van der Waals surface area contributed by atoms with Crippen LogP contribution in [0.15, 0.2) is 16.7 Å². The van der Waals surface area contributed by atoms with Crippen molar-refractivity contribution in [2.45, 2.75) is 12.1 Å². The van der Waals surface area contributed by atoms with Gasteiger partial charge in [-0.25, -0.2) is 4.98 Å². The molecule has 0 spiro atoms. The van der Waals surface area contributed by atoms with E-state index in [4.69, 9.17) is 11.6 Å². The molecule has 1 aromatic rings. The van der Waals surface area contributed by atoms with E-state index in [1.165, 1.54) is 6.07 Å². The summed E-state index contributed by atoms with van der Waals surface area (Å²) in [5, 5.41) is 0. The lowest BCUT2D eigenvalue weighted by molar-refractivity contribution is -0.141. The fraction of sp³-hybridized carbons (Fsp3) is 0.286. The summed E-state index contributed by atoms with van der Waals surface area (Å²) in [6.45, 7) is 0. The van der Waals surface area contributed by atoms with Crippen LogP contribution in [0.1, 0.15) is 11.3 Å². The lowest BCUT2D eigenvalue weighted by Crippen LogP contribution is -2.08. The topological polar surface area (TPSA) is 12.9 Å². The van der Waals surface area contributed by atoms with Gasteiger partial charge in [-0.05, 0) is 27.6 Å². The molecule has 0 unspecified atom stereocenters. The van der Waals surface area contributed by atoms with Crippen molar-refractivity contribution in [1.82, 2.24) is 4.98 Å². The minimum atomic E-state index is -4.41.